The standard InChI is InChI=1S/C24H31F2N3O4S/c1-6-22(24(31)27-16(2)3)28(14-18-9-7-8-17(4)12-18)23(30)15-29(34(5,32)33)19-10-11-20(25)21(26)13-19/h7-13,16,22H,6,14-15H2,1-5H3,(H,27,31). The number of rotatable bonds is 10. The molecule has 186 valence electrons. The Morgan fingerprint density at radius 3 is 2.26 bits per heavy atom. The van der Waals surface area contributed by atoms with E-state index in [1.165, 1.54) is 4.90 Å². The summed E-state index contributed by atoms with van der Waals surface area (Å²) < 4.78 is 52.9. The molecule has 0 saturated carbocycles. The SMILES string of the molecule is CCC(C(=O)NC(C)C)N(Cc1cccc(C)c1)C(=O)CN(c1ccc(F)c(F)c1)S(C)(=O)=O. The summed E-state index contributed by atoms with van der Waals surface area (Å²) in [7, 11) is -4.03. The molecule has 2 aromatic rings. The molecule has 0 aromatic heterocycles. The van der Waals surface area contributed by atoms with Gasteiger partial charge in [0, 0.05) is 18.7 Å². The normalized spacial score (nSPS) is 12.4. The summed E-state index contributed by atoms with van der Waals surface area (Å²) >= 11 is 0. The fraction of sp³-hybridized carbons (Fsp3) is 0.417. The molecule has 0 aliphatic heterocycles. The van der Waals surface area contributed by atoms with Crippen LogP contribution < -0.4 is 9.62 Å². The number of halogens is 2. The minimum absolute atomic E-state index is 0.0694. The van der Waals surface area contributed by atoms with Crippen molar-refractivity contribution in [1.29, 1.82) is 0 Å². The van der Waals surface area contributed by atoms with Crippen LogP contribution in [0, 0.1) is 18.6 Å². The molecule has 0 aliphatic rings. The van der Waals surface area contributed by atoms with E-state index in [-0.39, 0.29) is 24.2 Å². The van der Waals surface area contributed by atoms with E-state index in [1.807, 2.05) is 31.2 Å². The van der Waals surface area contributed by atoms with E-state index in [2.05, 4.69) is 5.32 Å². The summed E-state index contributed by atoms with van der Waals surface area (Å²) in [6.07, 6.45) is 1.16. The van der Waals surface area contributed by atoms with Crippen LogP contribution in [0.4, 0.5) is 14.5 Å². The highest BCUT2D eigenvalue weighted by Crippen LogP contribution is 2.22. The Balaban J connectivity index is 2.46. The topological polar surface area (TPSA) is 86.8 Å². The van der Waals surface area contributed by atoms with Crippen molar-refractivity contribution in [1.82, 2.24) is 10.2 Å². The molecule has 0 bridgehead atoms. The van der Waals surface area contributed by atoms with Crippen LogP contribution in [0.2, 0.25) is 0 Å². The van der Waals surface area contributed by atoms with Gasteiger partial charge in [0.1, 0.15) is 12.6 Å². The van der Waals surface area contributed by atoms with Crippen LogP contribution in [-0.4, -0.2) is 50.0 Å². The first kappa shape index (κ1) is 27.2. The molecule has 34 heavy (non-hydrogen) atoms. The molecule has 1 N–H and O–H groups in total. The molecule has 0 radical (unpaired) electrons. The van der Waals surface area contributed by atoms with Crippen molar-refractivity contribution in [3.05, 3.63) is 65.2 Å². The fourth-order valence-corrected chi connectivity index (χ4v) is 4.40. The largest absolute Gasteiger partial charge is 0.352 e. The Bertz CT molecular complexity index is 1140. The maximum atomic E-state index is 13.8. The summed E-state index contributed by atoms with van der Waals surface area (Å²) in [5.74, 6) is -3.39. The predicted octanol–water partition coefficient (Wildman–Crippen LogP) is 3.37. The second-order valence-electron chi connectivity index (χ2n) is 8.47. The molecule has 0 saturated heterocycles. The number of carbonyl (C=O) groups excluding carboxylic acids is 2. The van der Waals surface area contributed by atoms with Crippen LogP contribution >= 0.6 is 0 Å². The van der Waals surface area contributed by atoms with Crippen LogP contribution in [0.25, 0.3) is 0 Å². The van der Waals surface area contributed by atoms with Gasteiger partial charge in [0.15, 0.2) is 11.6 Å². The van der Waals surface area contributed by atoms with Crippen molar-refractivity contribution in [2.24, 2.45) is 0 Å². The highest BCUT2D eigenvalue weighted by molar-refractivity contribution is 7.92. The second-order valence-corrected chi connectivity index (χ2v) is 10.4. The van der Waals surface area contributed by atoms with Crippen LogP contribution in [-0.2, 0) is 26.2 Å². The van der Waals surface area contributed by atoms with E-state index in [1.54, 1.807) is 20.8 Å². The van der Waals surface area contributed by atoms with E-state index in [0.29, 0.717) is 10.7 Å². The Morgan fingerprint density at radius 2 is 1.74 bits per heavy atom. The van der Waals surface area contributed by atoms with Gasteiger partial charge in [-0.15, -0.1) is 0 Å². The van der Waals surface area contributed by atoms with E-state index in [0.717, 1.165) is 35.6 Å². The fourth-order valence-electron chi connectivity index (χ4n) is 3.56. The molecule has 1 unspecified atom stereocenters. The number of sulfonamides is 1. The van der Waals surface area contributed by atoms with Crippen LogP contribution in [0.1, 0.15) is 38.3 Å². The first-order chi connectivity index (χ1) is 15.8. The van der Waals surface area contributed by atoms with Gasteiger partial charge in [0.2, 0.25) is 21.8 Å². The lowest BCUT2D eigenvalue weighted by molar-refractivity contribution is -0.140. The zero-order valence-corrected chi connectivity index (χ0v) is 20.8. The van der Waals surface area contributed by atoms with Gasteiger partial charge < -0.3 is 10.2 Å². The third kappa shape index (κ3) is 7.24. The van der Waals surface area contributed by atoms with Crippen LogP contribution in [0.3, 0.4) is 0 Å². The predicted molar refractivity (Wildman–Crippen MR) is 128 cm³/mol. The number of nitrogens with zero attached hydrogens (tertiary/aromatic N) is 2. The number of aryl methyl sites for hydroxylation is 1. The number of nitrogens with one attached hydrogen (secondary N) is 1. The summed E-state index contributed by atoms with van der Waals surface area (Å²) in [5.41, 5.74) is 1.54. The second kappa shape index (κ2) is 11.4. The molecule has 0 fully saturated rings. The minimum Gasteiger partial charge on any atom is -0.352 e. The zero-order valence-electron chi connectivity index (χ0n) is 20.0. The minimum atomic E-state index is -4.03. The Kier molecular flexibility index (Phi) is 9.14. The maximum Gasteiger partial charge on any atom is 0.244 e. The zero-order chi connectivity index (χ0) is 25.6. The number of anilines is 1. The van der Waals surface area contributed by atoms with Crippen molar-refractivity contribution < 1.29 is 26.8 Å². The van der Waals surface area contributed by atoms with Gasteiger partial charge in [0.25, 0.3) is 0 Å². The number of amides is 2. The summed E-state index contributed by atoms with van der Waals surface area (Å²) in [5, 5.41) is 2.80. The van der Waals surface area contributed by atoms with Crippen molar-refractivity contribution in [3.8, 4) is 0 Å². The van der Waals surface area contributed by atoms with Crippen molar-refractivity contribution in [3.63, 3.8) is 0 Å². The third-order valence-electron chi connectivity index (χ3n) is 5.12. The summed E-state index contributed by atoms with van der Waals surface area (Å²) in [4.78, 5) is 27.7. The monoisotopic (exact) mass is 495 g/mol. The van der Waals surface area contributed by atoms with Crippen molar-refractivity contribution in [2.45, 2.75) is 52.7 Å². The average Bonchev–Trinajstić information content (AvgIpc) is 2.72. The quantitative estimate of drug-likeness (QED) is 0.548. The van der Waals surface area contributed by atoms with E-state index < -0.39 is 40.2 Å². The van der Waals surface area contributed by atoms with Gasteiger partial charge in [0.05, 0.1) is 11.9 Å². The number of carbonyl (C=O) groups is 2. The molecule has 0 heterocycles. The lowest BCUT2D eigenvalue weighted by Gasteiger charge is -2.33. The molecule has 2 aromatic carbocycles. The van der Waals surface area contributed by atoms with Gasteiger partial charge in [-0.05, 0) is 44.9 Å². The number of benzene rings is 2. The Hall–Kier alpha value is -3.01. The van der Waals surface area contributed by atoms with Crippen molar-refractivity contribution >= 4 is 27.5 Å². The molecular weight excluding hydrogens is 464 g/mol. The number of hydrogen-bond acceptors (Lipinski definition) is 4. The molecule has 0 aliphatic carbocycles. The maximum absolute atomic E-state index is 13.8. The molecular formula is C24H31F2N3O4S. The average molecular weight is 496 g/mol. The van der Waals surface area contributed by atoms with E-state index in [9.17, 15) is 26.8 Å². The first-order valence-corrected chi connectivity index (χ1v) is 12.8. The van der Waals surface area contributed by atoms with Gasteiger partial charge in [-0.3, -0.25) is 13.9 Å². The summed E-state index contributed by atoms with van der Waals surface area (Å²) in [6.45, 7) is 6.64. The highest BCUT2D eigenvalue weighted by Gasteiger charge is 2.32. The first-order valence-electron chi connectivity index (χ1n) is 10.9. The molecule has 10 heteroatoms. The number of hydrogen-bond donors (Lipinski definition) is 1. The molecule has 7 nitrogen and oxygen atoms in total. The molecule has 2 rings (SSSR count). The van der Waals surface area contributed by atoms with Gasteiger partial charge in [-0.25, -0.2) is 17.2 Å². The van der Waals surface area contributed by atoms with Crippen LogP contribution in [0.5, 0.6) is 0 Å². The van der Waals surface area contributed by atoms with E-state index in [4.69, 9.17) is 0 Å². The smallest absolute Gasteiger partial charge is 0.244 e. The Morgan fingerprint density at radius 1 is 1.06 bits per heavy atom. The van der Waals surface area contributed by atoms with Gasteiger partial charge >= 0.3 is 0 Å². The molecule has 0 spiro atoms. The molecule has 2 amide bonds. The summed E-state index contributed by atoms with van der Waals surface area (Å²) in [6, 6.07) is 8.98. The third-order valence-corrected chi connectivity index (χ3v) is 6.26. The Labute approximate surface area is 199 Å². The lowest BCUT2D eigenvalue weighted by atomic mass is 10.1. The highest BCUT2D eigenvalue weighted by atomic mass is 32.2. The van der Waals surface area contributed by atoms with Gasteiger partial charge in [-0.2, -0.15) is 0 Å². The van der Waals surface area contributed by atoms with Gasteiger partial charge in [-0.1, -0.05) is 36.8 Å². The lowest BCUT2D eigenvalue weighted by Crippen LogP contribution is -2.53. The van der Waals surface area contributed by atoms with Crippen LogP contribution in [0.15, 0.2) is 42.5 Å². The van der Waals surface area contributed by atoms with Crippen molar-refractivity contribution in [2.75, 3.05) is 17.1 Å². The van der Waals surface area contributed by atoms with E-state index >= 15 is 0 Å². The molecule has 1 atom stereocenters.